The number of urea groups is 1. The van der Waals surface area contributed by atoms with Gasteiger partial charge in [0.25, 0.3) is 5.91 Å². The number of amides is 3. The monoisotopic (exact) mass is 525 g/mol. The first-order valence-corrected chi connectivity index (χ1v) is 13.0. The van der Waals surface area contributed by atoms with E-state index in [-0.39, 0.29) is 30.9 Å². The first-order valence-electron chi connectivity index (χ1n) is 13.0. The standard InChI is InChI=1S/C33H27N5O2/c34-30(35)26-16-15-25-14-13-23(18-27(25)19-26)21-37-31(39)33(28-9-3-1-4-10-28,29-11-5-2-6-12-29)38(32(37)40)22-24-8-7-17-36-20-24/h1-20H,21-22H2,(H3,34,35). The number of nitrogens with two attached hydrogens (primary N) is 1. The van der Waals surface area contributed by atoms with Crippen LogP contribution in [0.1, 0.15) is 27.8 Å². The van der Waals surface area contributed by atoms with Crippen molar-refractivity contribution >= 4 is 28.5 Å². The first-order chi connectivity index (χ1) is 19.5. The van der Waals surface area contributed by atoms with Crippen LogP contribution >= 0.6 is 0 Å². The van der Waals surface area contributed by atoms with Crippen molar-refractivity contribution in [2.45, 2.75) is 18.6 Å². The Bertz CT molecular complexity index is 1680. The van der Waals surface area contributed by atoms with Gasteiger partial charge in [-0.05, 0) is 51.2 Å². The summed E-state index contributed by atoms with van der Waals surface area (Å²) >= 11 is 0. The van der Waals surface area contributed by atoms with E-state index in [1.54, 1.807) is 17.3 Å². The first kappa shape index (κ1) is 25.0. The molecule has 40 heavy (non-hydrogen) atoms. The highest BCUT2D eigenvalue weighted by molar-refractivity contribution is 6.09. The molecular weight excluding hydrogens is 498 g/mol. The van der Waals surface area contributed by atoms with Gasteiger partial charge >= 0.3 is 6.03 Å². The molecule has 0 unspecified atom stereocenters. The molecule has 3 amide bonds. The van der Waals surface area contributed by atoms with Gasteiger partial charge in [0.15, 0.2) is 5.54 Å². The molecule has 0 bridgehead atoms. The summed E-state index contributed by atoms with van der Waals surface area (Å²) in [5.41, 5.74) is 8.03. The van der Waals surface area contributed by atoms with Crippen LogP contribution in [0.15, 0.2) is 122 Å². The lowest BCUT2D eigenvalue weighted by atomic mass is 9.81. The number of aromatic nitrogens is 1. The maximum atomic E-state index is 14.7. The minimum Gasteiger partial charge on any atom is -0.384 e. The number of carbonyl (C=O) groups is 2. The highest BCUT2D eigenvalue weighted by atomic mass is 16.2. The predicted molar refractivity (Wildman–Crippen MR) is 154 cm³/mol. The number of fused-ring (bicyclic) bond motifs is 1. The van der Waals surface area contributed by atoms with Gasteiger partial charge in [0.1, 0.15) is 5.84 Å². The summed E-state index contributed by atoms with van der Waals surface area (Å²) in [6, 6.07) is 33.7. The van der Waals surface area contributed by atoms with Gasteiger partial charge in [-0.3, -0.25) is 25.0 Å². The van der Waals surface area contributed by atoms with Crippen molar-refractivity contribution in [3.05, 3.63) is 149 Å². The molecule has 0 atom stereocenters. The lowest BCUT2D eigenvalue weighted by Crippen LogP contribution is -2.47. The van der Waals surface area contributed by atoms with E-state index in [1.165, 1.54) is 4.90 Å². The maximum Gasteiger partial charge on any atom is 0.328 e. The molecular formula is C33H27N5O2. The van der Waals surface area contributed by atoms with Gasteiger partial charge in [0, 0.05) is 18.0 Å². The van der Waals surface area contributed by atoms with Crippen LogP contribution in [0.2, 0.25) is 0 Å². The predicted octanol–water partition coefficient (Wildman–Crippen LogP) is 5.43. The number of amidine groups is 1. The Morgan fingerprint density at radius 3 is 2.05 bits per heavy atom. The smallest absolute Gasteiger partial charge is 0.328 e. The van der Waals surface area contributed by atoms with Crippen molar-refractivity contribution in [1.29, 1.82) is 5.41 Å². The minimum absolute atomic E-state index is 0.0150. The zero-order valence-corrected chi connectivity index (χ0v) is 21.7. The maximum absolute atomic E-state index is 14.7. The van der Waals surface area contributed by atoms with Crippen LogP contribution in [-0.4, -0.2) is 32.6 Å². The molecule has 1 aromatic heterocycles. The molecule has 0 spiro atoms. The molecule has 7 heteroatoms. The molecule has 0 aliphatic carbocycles. The summed E-state index contributed by atoms with van der Waals surface area (Å²) in [5, 5.41) is 9.65. The SMILES string of the molecule is N=C(N)c1ccc2ccc(CN3C(=O)N(Cc4cccnc4)C(c4ccccc4)(c4ccccc4)C3=O)cc2c1. The number of hydrogen-bond donors (Lipinski definition) is 2. The van der Waals surface area contributed by atoms with Gasteiger partial charge in [0.05, 0.1) is 13.1 Å². The Hall–Kier alpha value is -5.30. The second-order valence-corrected chi connectivity index (χ2v) is 9.87. The number of nitrogen functional groups attached to an aromatic ring is 1. The van der Waals surface area contributed by atoms with Gasteiger partial charge in [0.2, 0.25) is 0 Å². The van der Waals surface area contributed by atoms with Crippen molar-refractivity contribution in [3.8, 4) is 0 Å². The third kappa shape index (κ3) is 4.18. The fraction of sp³-hybridized carbons (Fsp3) is 0.0909. The number of rotatable bonds is 7. The Morgan fingerprint density at radius 2 is 1.43 bits per heavy atom. The minimum atomic E-state index is -1.35. The fourth-order valence-corrected chi connectivity index (χ4v) is 5.52. The molecule has 5 aromatic rings. The Morgan fingerprint density at radius 1 is 0.750 bits per heavy atom. The van der Waals surface area contributed by atoms with Crippen molar-refractivity contribution < 1.29 is 9.59 Å². The highest BCUT2D eigenvalue weighted by Crippen LogP contribution is 2.44. The van der Waals surface area contributed by atoms with Crippen LogP contribution in [0.5, 0.6) is 0 Å². The van der Waals surface area contributed by atoms with E-state index in [4.69, 9.17) is 11.1 Å². The highest BCUT2D eigenvalue weighted by Gasteiger charge is 2.59. The zero-order valence-electron chi connectivity index (χ0n) is 21.7. The van der Waals surface area contributed by atoms with Gasteiger partial charge in [-0.1, -0.05) is 91.0 Å². The number of imide groups is 1. The molecule has 1 fully saturated rings. The number of nitrogens with zero attached hydrogens (tertiary/aromatic N) is 3. The lowest BCUT2D eigenvalue weighted by molar-refractivity contribution is -0.132. The summed E-state index contributed by atoms with van der Waals surface area (Å²) in [5.74, 6) is -0.324. The number of carbonyl (C=O) groups excluding carboxylic acids is 2. The molecule has 1 saturated heterocycles. The molecule has 0 radical (unpaired) electrons. The van der Waals surface area contributed by atoms with Gasteiger partial charge < -0.3 is 5.73 Å². The van der Waals surface area contributed by atoms with E-state index in [1.807, 2.05) is 109 Å². The molecule has 2 heterocycles. The third-order valence-electron chi connectivity index (χ3n) is 7.42. The lowest BCUT2D eigenvalue weighted by Gasteiger charge is -2.36. The number of benzene rings is 4. The second-order valence-electron chi connectivity index (χ2n) is 9.87. The summed E-state index contributed by atoms with van der Waals surface area (Å²) in [7, 11) is 0. The number of nitrogens with one attached hydrogen (secondary N) is 1. The van der Waals surface area contributed by atoms with Gasteiger partial charge in [-0.25, -0.2) is 4.79 Å². The summed E-state index contributed by atoms with van der Waals surface area (Å²) in [6.07, 6.45) is 3.41. The quantitative estimate of drug-likeness (QED) is 0.168. The zero-order chi connectivity index (χ0) is 27.7. The summed E-state index contributed by atoms with van der Waals surface area (Å²) in [6.45, 7) is 0.307. The molecule has 196 valence electrons. The third-order valence-corrected chi connectivity index (χ3v) is 7.42. The molecule has 4 aromatic carbocycles. The molecule has 0 saturated carbocycles. The molecule has 1 aliphatic rings. The summed E-state index contributed by atoms with van der Waals surface area (Å²) in [4.78, 5) is 36.2. The van der Waals surface area contributed by atoms with Gasteiger partial charge in [-0.15, -0.1) is 0 Å². The van der Waals surface area contributed by atoms with Crippen LogP contribution in [0, 0.1) is 5.41 Å². The normalized spacial score (nSPS) is 14.6. The van der Waals surface area contributed by atoms with E-state index >= 15 is 0 Å². The average molecular weight is 526 g/mol. The van der Waals surface area contributed by atoms with Crippen LogP contribution in [0.25, 0.3) is 10.8 Å². The van der Waals surface area contributed by atoms with E-state index in [0.717, 1.165) is 33.0 Å². The van der Waals surface area contributed by atoms with Crippen LogP contribution in [-0.2, 0) is 23.4 Å². The van der Waals surface area contributed by atoms with Gasteiger partial charge in [-0.2, -0.15) is 0 Å². The second kappa shape index (κ2) is 10.1. The topological polar surface area (TPSA) is 103 Å². The Kier molecular flexibility index (Phi) is 6.32. The molecule has 1 aliphatic heterocycles. The van der Waals surface area contributed by atoms with Crippen molar-refractivity contribution in [3.63, 3.8) is 0 Å². The van der Waals surface area contributed by atoms with Crippen molar-refractivity contribution in [2.24, 2.45) is 5.73 Å². The Balaban J connectivity index is 1.48. The number of hydrogen-bond acceptors (Lipinski definition) is 4. The van der Waals surface area contributed by atoms with E-state index in [0.29, 0.717) is 5.56 Å². The van der Waals surface area contributed by atoms with Crippen molar-refractivity contribution in [1.82, 2.24) is 14.8 Å². The average Bonchev–Trinajstić information content (AvgIpc) is 3.20. The molecule has 3 N–H and O–H groups in total. The van der Waals surface area contributed by atoms with Crippen LogP contribution < -0.4 is 5.73 Å². The molecule has 7 nitrogen and oxygen atoms in total. The van der Waals surface area contributed by atoms with Crippen LogP contribution in [0.3, 0.4) is 0 Å². The molecule has 6 rings (SSSR count). The van der Waals surface area contributed by atoms with E-state index in [9.17, 15) is 9.59 Å². The van der Waals surface area contributed by atoms with E-state index in [2.05, 4.69) is 4.98 Å². The fourth-order valence-electron chi connectivity index (χ4n) is 5.52. The largest absolute Gasteiger partial charge is 0.384 e. The van der Waals surface area contributed by atoms with Crippen LogP contribution in [0.4, 0.5) is 4.79 Å². The van der Waals surface area contributed by atoms with Crippen molar-refractivity contribution in [2.75, 3.05) is 0 Å². The Labute approximate surface area is 232 Å². The van der Waals surface area contributed by atoms with E-state index < -0.39 is 5.54 Å². The summed E-state index contributed by atoms with van der Waals surface area (Å²) < 4.78 is 0. The number of pyridine rings is 1.